The van der Waals surface area contributed by atoms with E-state index in [-0.39, 0.29) is 0 Å². The third-order valence-electron chi connectivity index (χ3n) is 1.51. The smallest absolute Gasteiger partial charge is 0.345 e. The van der Waals surface area contributed by atoms with Gasteiger partial charge in [-0.05, 0) is 6.55 Å². The standard InChI is InChI=1S/C6H13IO3Si/c1-11(6-7)9-4-2-8-3-5-10-11/h2-6H2,1H3. The fourth-order valence-corrected chi connectivity index (χ4v) is 3.44. The van der Waals surface area contributed by atoms with Gasteiger partial charge in [0.25, 0.3) is 0 Å². The molecule has 1 rings (SSSR count). The fourth-order valence-electron chi connectivity index (χ4n) is 0.854. The number of alkyl halides is 1. The number of ether oxygens (including phenoxy) is 1. The van der Waals surface area contributed by atoms with Crippen LogP contribution in [0.1, 0.15) is 0 Å². The lowest BCUT2D eigenvalue weighted by molar-refractivity contribution is 0.0284. The summed E-state index contributed by atoms with van der Waals surface area (Å²) in [7, 11) is -1.79. The zero-order chi connectivity index (χ0) is 8.16. The summed E-state index contributed by atoms with van der Waals surface area (Å²) in [5.74, 6) is 0. The summed E-state index contributed by atoms with van der Waals surface area (Å²) < 4.78 is 17.4. The highest BCUT2D eigenvalue weighted by atomic mass is 127. The molecule has 1 heterocycles. The lowest BCUT2D eigenvalue weighted by Gasteiger charge is -2.27. The van der Waals surface area contributed by atoms with Crippen LogP contribution in [-0.2, 0) is 13.6 Å². The molecule has 0 aromatic carbocycles. The molecule has 1 aliphatic heterocycles. The molecular formula is C6H13IO3Si. The predicted molar refractivity (Wildman–Crippen MR) is 53.2 cm³/mol. The molecule has 0 N–H and O–H groups in total. The van der Waals surface area contributed by atoms with E-state index in [1.165, 1.54) is 0 Å². The summed E-state index contributed by atoms with van der Waals surface area (Å²) in [6.45, 7) is 4.90. The third-order valence-corrected chi connectivity index (χ3v) is 7.78. The molecule has 0 amide bonds. The minimum atomic E-state index is -1.79. The van der Waals surface area contributed by atoms with E-state index in [9.17, 15) is 0 Å². The molecule has 3 nitrogen and oxygen atoms in total. The van der Waals surface area contributed by atoms with E-state index in [1.807, 2.05) is 0 Å². The van der Waals surface area contributed by atoms with Gasteiger partial charge < -0.3 is 13.6 Å². The Labute approximate surface area is 81.8 Å². The monoisotopic (exact) mass is 288 g/mol. The summed E-state index contributed by atoms with van der Waals surface area (Å²) in [5.41, 5.74) is 0. The summed E-state index contributed by atoms with van der Waals surface area (Å²) in [6, 6.07) is 0. The summed E-state index contributed by atoms with van der Waals surface area (Å²) >= 11 is 2.32. The maximum Gasteiger partial charge on any atom is 0.345 e. The Morgan fingerprint density at radius 1 is 1.18 bits per heavy atom. The highest BCUT2D eigenvalue weighted by molar-refractivity contribution is 14.1. The van der Waals surface area contributed by atoms with Crippen molar-refractivity contribution in [2.75, 3.05) is 30.5 Å². The normalized spacial score (nSPS) is 25.6. The first-order valence-electron chi connectivity index (χ1n) is 3.68. The molecule has 0 atom stereocenters. The van der Waals surface area contributed by atoms with Crippen LogP contribution in [0.25, 0.3) is 0 Å². The molecule has 5 heteroatoms. The van der Waals surface area contributed by atoms with E-state index in [2.05, 4.69) is 29.1 Å². The van der Waals surface area contributed by atoms with E-state index < -0.39 is 8.56 Å². The Morgan fingerprint density at radius 2 is 1.73 bits per heavy atom. The summed E-state index contributed by atoms with van der Waals surface area (Å²) in [4.78, 5) is 0. The zero-order valence-corrected chi connectivity index (χ0v) is 9.80. The second kappa shape index (κ2) is 4.76. The Bertz CT molecular complexity index is 114. The van der Waals surface area contributed by atoms with Crippen molar-refractivity contribution in [3.63, 3.8) is 0 Å². The van der Waals surface area contributed by atoms with Crippen LogP contribution in [0, 0.1) is 0 Å². The van der Waals surface area contributed by atoms with E-state index in [4.69, 9.17) is 13.6 Å². The molecule has 0 unspecified atom stereocenters. The molecule has 0 radical (unpaired) electrons. The van der Waals surface area contributed by atoms with Crippen molar-refractivity contribution < 1.29 is 13.6 Å². The van der Waals surface area contributed by atoms with E-state index in [1.54, 1.807) is 0 Å². The van der Waals surface area contributed by atoms with Crippen LogP contribution in [0.3, 0.4) is 0 Å². The van der Waals surface area contributed by atoms with Crippen molar-refractivity contribution in [2.24, 2.45) is 0 Å². The maximum absolute atomic E-state index is 5.60. The molecule has 0 saturated carbocycles. The molecule has 0 spiro atoms. The first-order valence-corrected chi connectivity index (χ1v) is 7.73. The predicted octanol–water partition coefficient (Wildman–Crippen LogP) is 1.10. The van der Waals surface area contributed by atoms with Crippen molar-refractivity contribution in [3.05, 3.63) is 0 Å². The highest BCUT2D eigenvalue weighted by Crippen LogP contribution is 2.11. The van der Waals surface area contributed by atoms with E-state index >= 15 is 0 Å². The molecule has 1 aliphatic rings. The van der Waals surface area contributed by atoms with Gasteiger partial charge in [-0.15, -0.1) is 0 Å². The van der Waals surface area contributed by atoms with E-state index in [0.29, 0.717) is 26.4 Å². The van der Waals surface area contributed by atoms with Gasteiger partial charge in [-0.3, -0.25) is 0 Å². The number of halogens is 1. The van der Waals surface area contributed by atoms with Gasteiger partial charge in [0.05, 0.1) is 26.4 Å². The largest absolute Gasteiger partial charge is 0.392 e. The highest BCUT2D eigenvalue weighted by Gasteiger charge is 2.30. The topological polar surface area (TPSA) is 27.7 Å². The van der Waals surface area contributed by atoms with Crippen molar-refractivity contribution in [1.82, 2.24) is 0 Å². The molecule has 11 heavy (non-hydrogen) atoms. The first kappa shape index (κ1) is 9.91. The van der Waals surface area contributed by atoms with Crippen molar-refractivity contribution in [2.45, 2.75) is 6.55 Å². The SMILES string of the molecule is C[Si]1(CI)OCCOCCO1. The molecule has 0 aromatic rings. The minimum absolute atomic E-state index is 0.686. The fraction of sp³-hybridized carbons (Fsp3) is 1.00. The number of rotatable bonds is 1. The first-order chi connectivity index (χ1) is 5.27. The Morgan fingerprint density at radius 3 is 2.18 bits per heavy atom. The quantitative estimate of drug-likeness (QED) is 0.411. The van der Waals surface area contributed by atoms with Gasteiger partial charge >= 0.3 is 8.56 Å². The molecule has 0 aromatic heterocycles. The van der Waals surface area contributed by atoms with Crippen LogP contribution in [0.5, 0.6) is 0 Å². The minimum Gasteiger partial charge on any atom is -0.392 e. The molecule has 1 fully saturated rings. The van der Waals surface area contributed by atoms with Crippen molar-refractivity contribution >= 4 is 31.2 Å². The van der Waals surface area contributed by atoms with Gasteiger partial charge in [-0.1, -0.05) is 22.6 Å². The molecular weight excluding hydrogens is 275 g/mol. The molecule has 0 aliphatic carbocycles. The average Bonchev–Trinajstić information content (AvgIpc) is 1.98. The van der Waals surface area contributed by atoms with Crippen LogP contribution in [0.15, 0.2) is 0 Å². The van der Waals surface area contributed by atoms with Gasteiger partial charge in [0.1, 0.15) is 0 Å². The Kier molecular flexibility index (Phi) is 4.29. The van der Waals surface area contributed by atoms with Crippen LogP contribution in [0.4, 0.5) is 0 Å². The molecule has 0 bridgehead atoms. The zero-order valence-electron chi connectivity index (χ0n) is 6.64. The van der Waals surface area contributed by atoms with Gasteiger partial charge in [0.15, 0.2) is 0 Å². The van der Waals surface area contributed by atoms with Crippen LogP contribution in [0.2, 0.25) is 6.55 Å². The van der Waals surface area contributed by atoms with Crippen molar-refractivity contribution in [3.8, 4) is 0 Å². The lowest BCUT2D eigenvalue weighted by atomic mass is 10.7. The van der Waals surface area contributed by atoms with Crippen LogP contribution >= 0.6 is 22.6 Å². The maximum atomic E-state index is 5.60. The van der Waals surface area contributed by atoms with Gasteiger partial charge in [-0.25, -0.2) is 0 Å². The van der Waals surface area contributed by atoms with Crippen LogP contribution < -0.4 is 0 Å². The Hall–Kier alpha value is 0.827. The van der Waals surface area contributed by atoms with Gasteiger partial charge in [0, 0.05) is 4.05 Å². The second-order valence-electron chi connectivity index (χ2n) is 2.58. The van der Waals surface area contributed by atoms with Gasteiger partial charge in [-0.2, -0.15) is 0 Å². The third kappa shape index (κ3) is 3.37. The number of hydrogen-bond donors (Lipinski definition) is 0. The number of hydrogen-bond acceptors (Lipinski definition) is 3. The Balaban J connectivity index is 2.37. The lowest BCUT2D eigenvalue weighted by Crippen LogP contribution is -2.44. The molecule has 66 valence electrons. The van der Waals surface area contributed by atoms with Crippen molar-refractivity contribution in [1.29, 1.82) is 0 Å². The summed E-state index contributed by atoms with van der Waals surface area (Å²) in [5, 5.41) is 0. The summed E-state index contributed by atoms with van der Waals surface area (Å²) in [6.07, 6.45) is 0. The van der Waals surface area contributed by atoms with Crippen LogP contribution in [-0.4, -0.2) is 39.0 Å². The molecule has 1 saturated heterocycles. The average molecular weight is 288 g/mol. The van der Waals surface area contributed by atoms with Gasteiger partial charge in [0.2, 0.25) is 0 Å². The second-order valence-corrected chi connectivity index (χ2v) is 7.98. The van der Waals surface area contributed by atoms with E-state index in [0.717, 1.165) is 4.05 Å².